The molecular formula is C25H30N4O3S. The number of nitrogens with two attached hydrogens (primary N) is 1. The summed E-state index contributed by atoms with van der Waals surface area (Å²) in [6.45, 7) is 4.57. The number of aryl methyl sites for hydroxylation is 1. The predicted molar refractivity (Wildman–Crippen MR) is 131 cm³/mol. The molecule has 4 rings (SSSR count). The van der Waals surface area contributed by atoms with Crippen molar-refractivity contribution < 1.29 is 14.4 Å². The molecule has 0 radical (unpaired) electrons. The number of carbonyl (C=O) groups is 3. The summed E-state index contributed by atoms with van der Waals surface area (Å²) in [6, 6.07) is 11.6. The topological polar surface area (TPSA) is 97.4 Å². The van der Waals surface area contributed by atoms with Crippen molar-refractivity contribution in [2.45, 2.75) is 52.1 Å². The molecule has 174 valence electrons. The summed E-state index contributed by atoms with van der Waals surface area (Å²) >= 11 is 1.55. The lowest BCUT2D eigenvalue weighted by molar-refractivity contribution is -0.122. The second kappa shape index (κ2) is 9.79. The highest BCUT2D eigenvalue weighted by Gasteiger charge is 2.28. The SMILES string of the molecule is CCN(C(=O)Cn1c(C(=O)N[C@H]2CC[C@H](C(N)=O)CC2)cc2sccc21)c1ccccc1C. The molecular weight excluding hydrogens is 436 g/mol. The lowest BCUT2D eigenvalue weighted by atomic mass is 9.85. The van der Waals surface area contributed by atoms with E-state index in [1.54, 1.807) is 16.2 Å². The van der Waals surface area contributed by atoms with E-state index in [-0.39, 0.29) is 36.2 Å². The molecule has 3 N–H and O–H groups in total. The van der Waals surface area contributed by atoms with Gasteiger partial charge in [0.2, 0.25) is 11.8 Å². The molecule has 0 spiro atoms. The summed E-state index contributed by atoms with van der Waals surface area (Å²) in [5.74, 6) is -0.618. The molecule has 1 saturated carbocycles. The fourth-order valence-electron chi connectivity index (χ4n) is 4.69. The molecule has 0 saturated heterocycles. The Morgan fingerprint density at radius 1 is 1.15 bits per heavy atom. The van der Waals surface area contributed by atoms with Crippen molar-refractivity contribution in [1.29, 1.82) is 0 Å². The van der Waals surface area contributed by atoms with E-state index < -0.39 is 0 Å². The van der Waals surface area contributed by atoms with Gasteiger partial charge in [-0.05, 0) is 68.7 Å². The van der Waals surface area contributed by atoms with Crippen LogP contribution in [0, 0.1) is 12.8 Å². The quantitative estimate of drug-likeness (QED) is 0.554. The molecule has 8 heteroatoms. The first-order valence-corrected chi connectivity index (χ1v) is 12.3. The van der Waals surface area contributed by atoms with Crippen LogP contribution in [0.15, 0.2) is 41.8 Å². The van der Waals surface area contributed by atoms with Crippen molar-refractivity contribution in [2.24, 2.45) is 11.7 Å². The Morgan fingerprint density at radius 2 is 1.88 bits per heavy atom. The Bertz CT molecular complexity index is 1170. The van der Waals surface area contributed by atoms with Gasteiger partial charge in [-0.15, -0.1) is 11.3 Å². The van der Waals surface area contributed by atoms with Crippen LogP contribution in [0.5, 0.6) is 0 Å². The molecule has 1 aliphatic carbocycles. The maximum atomic E-state index is 13.4. The number of fused-ring (bicyclic) bond motifs is 1. The van der Waals surface area contributed by atoms with Gasteiger partial charge in [0.05, 0.1) is 10.2 Å². The number of primary amides is 1. The Labute approximate surface area is 197 Å². The Hall–Kier alpha value is -3.13. The van der Waals surface area contributed by atoms with Gasteiger partial charge in [-0.3, -0.25) is 14.4 Å². The standard InChI is InChI=1S/C25H30N4O3S/c1-3-28(19-7-5-4-6-16(19)2)23(30)15-29-20-12-13-33-22(20)14-21(29)25(32)27-18-10-8-17(9-11-18)24(26)31/h4-7,12-14,17-18H,3,8-11,15H2,1-2H3,(H2,26,31)(H,27,32)/t17-,18-. The minimum atomic E-state index is -0.262. The number of amides is 3. The Balaban J connectivity index is 1.54. The third-order valence-electron chi connectivity index (χ3n) is 6.54. The van der Waals surface area contributed by atoms with Crippen LogP contribution in [0.25, 0.3) is 10.2 Å². The highest BCUT2D eigenvalue weighted by Crippen LogP contribution is 2.28. The first-order valence-electron chi connectivity index (χ1n) is 11.4. The van der Waals surface area contributed by atoms with Gasteiger partial charge in [0, 0.05) is 24.2 Å². The fourth-order valence-corrected chi connectivity index (χ4v) is 5.51. The number of hydrogen-bond donors (Lipinski definition) is 2. The third-order valence-corrected chi connectivity index (χ3v) is 7.39. The zero-order chi connectivity index (χ0) is 23.5. The van der Waals surface area contributed by atoms with E-state index in [2.05, 4.69) is 5.32 Å². The van der Waals surface area contributed by atoms with Crippen LogP contribution in [0.4, 0.5) is 5.69 Å². The summed E-state index contributed by atoms with van der Waals surface area (Å²) < 4.78 is 2.80. The molecule has 7 nitrogen and oxygen atoms in total. The molecule has 2 aromatic heterocycles. The molecule has 0 unspecified atom stereocenters. The average molecular weight is 467 g/mol. The van der Waals surface area contributed by atoms with E-state index >= 15 is 0 Å². The smallest absolute Gasteiger partial charge is 0.268 e. The fraction of sp³-hybridized carbons (Fsp3) is 0.400. The molecule has 33 heavy (non-hydrogen) atoms. The van der Waals surface area contributed by atoms with Gasteiger partial charge < -0.3 is 20.5 Å². The summed E-state index contributed by atoms with van der Waals surface area (Å²) in [5, 5.41) is 5.08. The Kier molecular flexibility index (Phi) is 6.83. The van der Waals surface area contributed by atoms with Crippen molar-refractivity contribution in [3.8, 4) is 0 Å². The van der Waals surface area contributed by atoms with Crippen LogP contribution in [0.3, 0.4) is 0 Å². The first-order chi connectivity index (χ1) is 15.9. The second-order valence-electron chi connectivity index (χ2n) is 8.63. The number of nitrogens with zero attached hydrogens (tertiary/aromatic N) is 2. The molecule has 1 aromatic carbocycles. The van der Waals surface area contributed by atoms with Crippen LogP contribution in [-0.4, -0.2) is 34.9 Å². The van der Waals surface area contributed by atoms with Crippen molar-refractivity contribution >= 4 is 45.0 Å². The number of benzene rings is 1. The van der Waals surface area contributed by atoms with Gasteiger partial charge in [-0.1, -0.05) is 18.2 Å². The highest BCUT2D eigenvalue weighted by atomic mass is 32.1. The van der Waals surface area contributed by atoms with E-state index in [4.69, 9.17) is 5.73 Å². The number of carbonyl (C=O) groups excluding carboxylic acids is 3. The summed E-state index contributed by atoms with van der Waals surface area (Å²) in [7, 11) is 0. The molecule has 3 amide bonds. The molecule has 3 aromatic rings. The molecule has 1 aliphatic rings. The van der Waals surface area contributed by atoms with Crippen molar-refractivity contribution in [2.75, 3.05) is 11.4 Å². The van der Waals surface area contributed by atoms with Crippen LogP contribution in [0.2, 0.25) is 0 Å². The largest absolute Gasteiger partial charge is 0.369 e. The van der Waals surface area contributed by atoms with Crippen LogP contribution in [-0.2, 0) is 16.1 Å². The normalized spacial score (nSPS) is 18.2. The summed E-state index contributed by atoms with van der Waals surface area (Å²) in [4.78, 5) is 39.8. The summed E-state index contributed by atoms with van der Waals surface area (Å²) in [5.41, 5.74) is 8.72. The zero-order valence-corrected chi connectivity index (χ0v) is 19.9. The van der Waals surface area contributed by atoms with E-state index in [0.29, 0.717) is 25.1 Å². The second-order valence-corrected chi connectivity index (χ2v) is 9.58. The van der Waals surface area contributed by atoms with E-state index in [1.807, 2.05) is 60.2 Å². The molecule has 1 fully saturated rings. The lowest BCUT2D eigenvalue weighted by Gasteiger charge is -2.27. The summed E-state index contributed by atoms with van der Waals surface area (Å²) in [6.07, 6.45) is 2.84. The van der Waals surface area contributed by atoms with Gasteiger partial charge in [0.1, 0.15) is 12.2 Å². The number of hydrogen-bond acceptors (Lipinski definition) is 4. The maximum Gasteiger partial charge on any atom is 0.268 e. The number of thiophene rings is 1. The van der Waals surface area contributed by atoms with Gasteiger partial charge in [-0.25, -0.2) is 0 Å². The Morgan fingerprint density at radius 3 is 2.55 bits per heavy atom. The van der Waals surface area contributed by atoms with Crippen LogP contribution < -0.4 is 16.0 Å². The van der Waals surface area contributed by atoms with E-state index in [9.17, 15) is 14.4 Å². The molecule has 0 aliphatic heterocycles. The van der Waals surface area contributed by atoms with Crippen LogP contribution in [0.1, 0.15) is 48.7 Å². The number of anilines is 1. The number of likely N-dealkylation sites (N-methyl/N-ethyl adjacent to an activating group) is 1. The van der Waals surface area contributed by atoms with E-state index in [0.717, 1.165) is 34.3 Å². The first kappa shape index (κ1) is 23.0. The van der Waals surface area contributed by atoms with Crippen molar-refractivity contribution in [3.63, 3.8) is 0 Å². The number of aromatic nitrogens is 1. The van der Waals surface area contributed by atoms with Crippen LogP contribution >= 0.6 is 11.3 Å². The molecule has 0 bridgehead atoms. The van der Waals surface area contributed by atoms with Crippen molar-refractivity contribution in [3.05, 3.63) is 53.0 Å². The lowest BCUT2D eigenvalue weighted by Crippen LogP contribution is -2.41. The van der Waals surface area contributed by atoms with E-state index in [1.165, 1.54) is 0 Å². The molecule has 0 atom stereocenters. The average Bonchev–Trinajstić information content (AvgIpc) is 3.38. The third kappa shape index (κ3) is 4.80. The zero-order valence-electron chi connectivity index (χ0n) is 19.0. The minimum Gasteiger partial charge on any atom is -0.369 e. The van der Waals surface area contributed by atoms with Gasteiger partial charge in [0.15, 0.2) is 0 Å². The van der Waals surface area contributed by atoms with Gasteiger partial charge >= 0.3 is 0 Å². The molecule has 2 heterocycles. The number of rotatable bonds is 7. The number of nitrogens with one attached hydrogen (secondary N) is 1. The van der Waals surface area contributed by atoms with Gasteiger partial charge in [-0.2, -0.15) is 0 Å². The highest BCUT2D eigenvalue weighted by molar-refractivity contribution is 7.17. The predicted octanol–water partition coefficient (Wildman–Crippen LogP) is 3.84. The van der Waals surface area contributed by atoms with Gasteiger partial charge in [0.25, 0.3) is 5.91 Å². The monoisotopic (exact) mass is 466 g/mol. The number of para-hydroxylation sites is 1. The minimum absolute atomic E-state index is 0.00398. The van der Waals surface area contributed by atoms with Crippen molar-refractivity contribution in [1.82, 2.24) is 9.88 Å². The maximum absolute atomic E-state index is 13.4.